The van der Waals surface area contributed by atoms with Crippen molar-refractivity contribution in [1.82, 2.24) is 4.98 Å². The molecule has 6 heteroatoms. The van der Waals surface area contributed by atoms with Crippen molar-refractivity contribution in [3.05, 3.63) is 60.7 Å². The summed E-state index contributed by atoms with van der Waals surface area (Å²) in [6.45, 7) is 1.77. The van der Waals surface area contributed by atoms with Gasteiger partial charge in [0, 0.05) is 38.6 Å². The van der Waals surface area contributed by atoms with Gasteiger partial charge in [-0.1, -0.05) is 12.1 Å². The second-order valence-corrected chi connectivity index (χ2v) is 7.13. The molecule has 0 spiro atoms. The van der Waals surface area contributed by atoms with Gasteiger partial charge in [-0.25, -0.2) is 4.39 Å². The highest BCUT2D eigenvalue weighted by atomic mass is 19.1. The van der Waals surface area contributed by atoms with Crippen LogP contribution in [0.5, 0.6) is 0 Å². The normalized spacial score (nSPS) is 17.6. The summed E-state index contributed by atoms with van der Waals surface area (Å²) in [4.78, 5) is 11.1. The van der Waals surface area contributed by atoms with E-state index in [1.807, 2.05) is 48.5 Å². The van der Waals surface area contributed by atoms with E-state index in [1.165, 1.54) is 6.07 Å². The summed E-state index contributed by atoms with van der Waals surface area (Å²) in [7, 11) is 1.95. The fraction of sp³-hybridized carbons (Fsp3) is 0.286. The fourth-order valence-electron chi connectivity index (χ4n) is 3.98. The summed E-state index contributed by atoms with van der Waals surface area (Å²) in [5.74, 6) is -0.207. The maximum Gasteiger partial charge on any atom is 0.298 e. The number of para-hydroxylation sites is 2. The molecule has 0 N–H and O–H groups in total. The monoisotopic (exact) mass is 364 g/mol. The second kappa shape index (κ2) is 6.30. The van der Waals surface area contributed by atoms with E-state index >= 15 is 0 Å². The van der Waals surface area contributed by atoms with Crippen molar-refractivity contribution < 1.29 is 8.81 Å². The van der Waals surface area contributed by atoms with Gasteiger partial charge in [0.1, 0.15) is 11.3 Å². The van der Waals surface area contributed by atoms with Gasteiger partial charge in [0.25, 0.3) is 6.01 Å². The quantitative estimate of drug-likeness (QED) is 0.675. The average molecular weight is 364 g/mol. The number of hydrogen-bond acceptors (Lipinski definition) is 5. The summed E-state index contributed by atoms with van der Waals surface area (Å²) in [6, 6.07) is 13.9. The molecule has 5 nitrogen and oxygen atoms in total. The highest BCUT2D eigenvalue weighted by Gasteiger charge is 2.29. The molecule has 0 amide bonds. The summed E-state index contributed by atoms with van der Waals surface area (Å²) >= 11 is 0. The van der Waals surface area contributed by atoms with Crippen molar-refractivity contribution in [1.29, 1.82) is 0 Å². The number of benzene rings is 2. The van der Waals surface area contributed by atoms with E-state index in [2.05, 4.69) is 21.0 Å². The van der Waals surface area contributed by atoms with E-state index in [-0.39, 0.29) is 5.82 Å². The van der Waals surface area contributed by atoms with E-state index in [0.29, 0.717) is 12.1 Å². The number of piperidine rings is 1. The van der Waals surface area contributed by atoms with Crippen LogP contribution in [-0.2, 0) is 0 Å². The van der Waals surface area contributed by atoms with Crippen molar-refractivity contribution in [3.8, 4) is 0 Å². The Kier molecular flexibility index (Phi) is 3.77. The molecule has 3 aromatic rings. The molecule has 0 unspecified atom stereocenters. The van der Waals surface area contributed by atoms with Gasteiger partial charge in [-0.05, 0) is 43.2 Å². The number of hydrogen-bond donors (Lipinski definition) is 0. The number of anilines is 3. The SMILES string of the molecule is CN1C=CN(C2CCN(c3nc4ccccc4o3)CC2)c2ccc(F)cc21. The van der Waals surface area contributed by atoms with Crippen LogP contribution >= 0.6 is 0 Å². The Bertz CT molecular complexity index is 973. The van der Waals surface area contributed by atoms with Gasteiger partial charge in [-0.3, -0.25) is 0 Å². The van der Waals surface area contributed by atoms with Crippen LogP contribution in [0.15, 0.2) is 59.3 Å². The van der Waals surface area contributed by atoms with E-state index in [1.54, 1.807) is 6.07 Å². The molecule has 27 heavy (non-hydrogen) atoms. The molecule has 138 valence electrons. The Morgan fingerprint density at radius 3 is 2.67 bits per heavy atom. The molecule has 2 aliphatic heterocycles. The standard InChI is InChI=1S/C21H21FN4O/c1-24-12-13-26(18-7-6-15(22)14-19(18)24)16-8-10-25(11-9-16)21-23-17-4-2-3-5-20(17)27-21/h2-7,12-14,16H,8-11H2,1H3. The van der Waals surface area contributed by atoms with Crippen LogP contribution in [0, 0.1) is 5.82 Å². The lowest BCUT2D eigenvalue weighted by molar-refractivity contribution is 0.458. The van der Waals surface area contributed by atoms with Gasteiger partial charge in [0.2, 0.25) is 0 Å². The second-order valence-electron chi connectivity index (χ2n) is 7.13. The van der Waals surface area contributed by atoms with Gasteiger partial charge in [-0.15, -0.1) is 0 Å². The molecule has 0 radical (unpaired) electrons. The number of nitrogens with zero attached hydrogens (tertiary/aromatic N) is 4. The zero-order valence-electron chi connectivity index (χ0n) is 15.2. The third kappa shape index (κ3) is 2.81. The van der Waals surface area contributed by atoms with Gasteiger partial charge in [-0.2, -0.15) is 4.98 Å². The van der Waals surface area contributed by atoms with Crippen LogP contribution in [-0.4, -0.2) is 31.2 Å². The van der Waals surface area contributed by atoms with Gasteiger partial charge >= 0.3 is 0 Å². The first-order chi connectivity index (χ1) is 13.2. The largest absolute Gasteiger partial charge is 0.423 e. The third-order valence-electron chi connectivity index (χ3n) is 5.46. The predicted molar refractivity (Wildman–Crippen MR) is 106 cm³/mol. The Morgan fingerprint density at radius 1 is 1.04 bits per heavy atom. The summed E-state index contributed by atoms with van der Waals surface area (Å²) < 4.78 is 19.6. The van der Waals surface area contributed by atoms with Crippen LogP contribution in [0.3, 0.4) is 0 Å². The number of halogens is 1. The van der Waals surface area contributed by atoms with Crippen molar-refractivity contribution in [2.75, 3.05) is 34.8 Å². The topological polar surface area (TPSA) is 35.8 Å². The minimum Gasteiger partial charge on any atom is -0.423 e. The smallest absolute Gasteiger partial charge is 0.298 e. The Labute approximate surface area is 157 Å². The van der Waals surface area contributed by atoms with Gasteiger partial charge < -0.3 is 19.1 Å². The van der Waals surface area contributed by atoms with Gasteiger partial charge in [0.15, 0.2) is 5.58 Å². The summed E-state index contributed by atoms with van der Waals surface area (Å²) in [5.41, 5.74) is 3.68. The number of rotatable bonds is 2. The zero-order valence-corrected chi connectivity index (χ0v) is 15.2. The number of aromatic nitrogens is 1. The Balaban J connectivity index is 1.34. The lowest BCUT2D eigenvalue weighted by atomic mass is 10.0. The highest BCUT2D eigenvalue weighted by Crippen LogP contribution is 2.37. The highest BCUT2D eigenvalue weighted by molar-refractivity contribution is 5.76. The van der Waals surface area contributed by atoms with Gasteiger partial charge in [0.05, 0.1) is 11.4 Å². The van der Waals surface area contributed by atoms with E-state index in [0.717, 1.165) is 48.4 Å². The van der Waals surface area contributed by atoms with Crippen LogP contribution in [0.4, 0.5) is 21.8 Å². The minimum atomic E-state index is -0.207. The Hall–Kier alpha value is -3.02. The molecular formula is C21H21FN4O. The van der Waals surface area contributed by atoms with Crippen LogP contribution in [0.2, 0.25) is 0 Å². The van der Waals surface area contributed by atoms with Crippen molar-refractivity contribution in [2.24, 2.45) is 0 Å². The molecule has 0 saturated carbocycles. The molecule has 0 aliphatic carbocycles. The first-order valence-corrected chi connectivity index (χ1v) is 9.28. The molecule has 0 bridgehead atoms. The van der Waals surface area contributed by atoms with Crippen molar-refractivity contribution in [3.63, 3.8) is 0 Å². The minimum absolute atomic E-state index is 0.207. The Morgan fingerprint density at radius 2 is 1.85 bits per heavy atom. The maximum atomic E-state index is 13.7. The molecular weight excluding hydrogens is 343 g/mol. The molecule has 1 fully saturated rings. The van der Waals surface area contributed by atoms with E-state index in [4.69, 9.17) is 4.42 Å². The molecule has 2 aromatic carbocycles. The van der Waals surface area contributed by atoms with Crippen LogP contribution in [0.25, 0.3) is 11.1 Å². The molecule has 5 rings (SSSR count). The third-order valence-corrected chi connectivity index (χ3v) is 5.46. The van der Waals surface area contributed by atoms with Crippen LogP contribution < -0.4 is 14.7 Å². The van der Waals surface area contributed by atoms with Crippen molar-refractivity contribution in [2.45, 2.75) is 18.9 Å². The molecule has 0 atom stereocenters. The summed E-state index contributed by atoms with van der Waals surface area (Å²) in [6.07, 6.45) is 6.07. The zero-order chi connectivity index (χ0) is 18.4. The number of fused-ring (bicyclic) bond motifs is 2. The molecule has 3 heterocycles. The molecule has 1 saturated heterocycles. The van der Waals surface area contributed by atoms with Crippen molar-refractivity contribution >= 4 is 28.5 Å². The lowest BCUT2D eigenvalue weighted by Crippen LogP contribution is -2.44. The molecule has 2 aliphatic rings. The first-order valence-electron chi connectivity index (χ1n) is 9.28. The average Bonchev–Trinajstić information content (AvgIpc) is 3.13. The van der Waals surface area contributed by atoms with E-state index < -0.39 is 0 Å². The summed E-state index contributed by atoms with van der Waals surface area (Å²) in [5, 5.41) is 0. The maximum absolute atomic E-state index is 13.7. The lowest BCUT2D eigenvalue weighted by Gasteiger charge is -2.40. The van der Waals surface area contributed by atoms with Crippen LogP contribution in [0.1, 0.15) is 12.8 Å². The van der Waals surface area contributed by atoms with E-state index in [9.17, 15) is 4.39 Å². The number of oxazole rings is 1. The fourth-order valence-corrected chi connectivity index (χ4v) is 3.98. The molecule has 1 aromatic heterocycles. The first kappa shape index (κ1) is 16.2. The predicted octanol–water partition coefficient (Wildman–Crippen LogP) is 4.36.